The molecule has 2 aromatic carbocycles. The summed E-state index contributed by atoms with van der Waals surface area (Å²) in [4.78, 5) is 2.47. The van der Waals surface area contributed by atoms with E-state index in [0.29, 0.717) is 0 Å². The monoisotopic (exact) mass is 308 g/mol. The second-order valence-corrected chi connectivity index (χ2v) is 7.54. The van der Waals surface area contributed by atoms with Gasteiger partial charge in [0.15, 0.2) is 0 Å². The minimum Gasteiger partial charge on any atom is -0.381 e. The lowest BCUT2D eigenvalue weighted by Gasteiger charge is -2.19. The average molecular weight is 308 g/mol. The Morgan fingerprint density at radius 3 is 2.04 bits per heavy atom. The van der Waals surface area contributed by atoms with Crippen LogP contribution in [0.3, 0.4) is 0 Å². The molecule has 1 heterocycles. The van der Waals surface area contributed by atoms with Gasteiger partial charge in [0.2, 0.25) is 0 Å². The Morgan fingerprint density at radius 1 is 0.870 bits per heavy atom. The van der Waals surface area contributed by atoms with Crippen molar-refractivity contribution < 1.29 is 0 Å². The molecular formula is C21H28N2. The van der Waals surface area contributed by atoms with Crippen LogP contribution in [-0.2, 0) is 12.0 Å². The number of hydrogen-bond acceptors (Lipinski definition) is 2. The molecule has 2 heteroatoms. The molecule has 0 aromatic heterocycles. The molecule has 0 spiro atoms. The second-order valence-electron chi connectivity index (χ2n) is 7.54. The van der Waals surface area contributed by atoms with E-state index >= 15 is 0 Å². The third-order valence-corrected chi connectivity index (χ3v) is 4.66. The summed E-state index contributed by atoms with van der Waals surface area (Å²) in [6.07, 6.45) is 2.65. The molecule has 0 aliphatic carbocycles. The van der Waals surface area contributed by atoms with E-state index in [-0.39, 0.29) is 5.41 Å². The van der Waals surface area contributed by atoms with E-state index in [2.05, 4.69) is 79.5 Å². The summed E-state index contributed by atoms with van der Waals surface area (Å²) < 4.78 is 0. The summed E-state index contributed by atoms with van der Waals surface area (Å²) in [5.74, 6) is 0. The van der Waals surface area contributed by atoms with Crippen LogP contribution in [0.4, 0.5) is 11.4 Å². The summed E-state index contributed by atoms with van der Waals surface area (Å²) in [5, 5.41) is 3.52. The summed E-state index contributed by atoms with van der Waals surface area (Å²) in [6, 6.07) is 17.8. The molecule has 1 N–H and O–H groups in total. The number of anilines is 2. The van der Waals surface area contributed by atoms with E-state index in [1.807, 2.05) is 0 Å². The van der Waals surface area contributed by atoms with E-state index in [4.69, 9.17) is 0 Å². The van der Waals surface area contributed by atoms with Crippen molar-refractivity contribution in [3.05, 3.63) is 59.7 Å². The molecule has 122 valence electrons. The topological polar surface area (TPSA) is 15.3 Å². The molecule has 0 saturated carbocycles. The van der Waals surface area contributed by atoms with Crippen molar-refractivity contribution >= 4 is 11.4 Å². The first kappa shape index (κ1) is 15.9. The first-order valence-corrected chi connectivity index (χ1v) is 8.71. The van der Waals surface area contributed by atoms with Gasteiger partial charge in [-0.2, -0.15) is 0 Å². The highest BCUT2D eigenvalue weighted by atomic mass is 15.1. The number of benzene rings is 2. The zero-order chi connectivity index (χ0) is 16.3. The van der Waals surface area contributed by atoms with Gasteiger partial charge in [-0.15, -0.1) is 0 Å². The molecule has 1 fully saturated rings. The molecule has 0 amide bonds. The molecule has 0 radical (unpaired) electrons. The van der Waals surface area contributed by atoms with Crippen LogP contribution in [0.25, 0.3) is 0 Å². The molecule has 3 rings (SSSR count). The Labute approximate surface area is 140 Å². The molecular weight excluding hydrogens is 280 g/mol. The van der Waals surface area contributed by atoms with Crippen LogP contribution in [0.5, 0.6) is 0 Å². The Hall–Kier alpha value is -1.96. The lowest BCUT2D eigenvalue weighted by atomic mass is 9.87. The highest BCUT2D eigenvalue weighted by Crippen LogP contribution is 2.24. The molecule has 0 atom stereocenters. The second kappa shape index (κ2) is 6.66. The highest BCUT2D eigenvalue weighted by molar-refractivity contribution is 5.55. The van der Waals surface area contributed by atoms with Crippen molar-refractivity contribution in [2.75, 3.05) is 23.3 Å². The van der Waals surface area contributed by atoms with Gasteiger partial charge in [0.25, 0.3) is 0 Å². The van der Waals surface area contributed by atoms with Crippen molar-refractivity contribution in [2.45, 2.75) is 45.6 Å². The summed E-state index contributed by atoms with van der Waals surface area (Å²) in [5.41, 5.74) is 5.46. The first-order chi connectivity index (χ1) is 11.0. The van der Waals surface area contributed by atoms with Crippen LogP contribution in [-0.4, -0.2) is 13.1 Å². The van der Waals surface area contributed by atoms with Crippen LogP contribution < -0.4 is 10.2 Å². The fourth-order valence-electron chi connectivity index (χ4n) is 3.09. The Balaban J connectivity index is 1.57. The van der Waals surface area contributed by atoms with Gasteiger partial charge in [-0.25, -0.2) is 0 Å². The van der Waals surface area contributed by atoms with Gasteiger partial charge >= 0.3 is 0 Å². The molecule has 23 heavy (non-hydrogen) atoms. The minimum atomic E-state index is 0.220. The van der Waals surface area contributed by atoms with Crippen molar-refractivity contribution in [3.8, 4) is 0 Å². The number of nitrogens with one attached hydrogen (secondary N) is 1. The Morgan fingerprint density at radius 2 is 1.48 bits per heavy atom. The van der Waals surface area contributed by atoms with Crippen LogP contribution in [0.1, 0.15) is 44.7 Å². The number of rotatable bonds is 4. The van der Waals surface area contributed by atoms with Gasteiger partial charge in [-0.3, -0.25) is 0 Å². The van der Waals surface area contributed by atoms with Crippen LogP contribution in [0, 0.1) is 0 Å². The zero-order valence-electron chi connectivity index (χ0n) is 14.6. The molecule has 0 bridgehead atoms. The zero-order valence-corrected chi connectivity index (χ0v) is 14.6. The minimum absolute atomic E-state index is 0.220. The van der Waals surface area contributed by atoms with Crippen LogP contribution in [0.15, 0.2) is 48.5 Å². The SMILES string of the molecule is CC(C)(C)c1ccc(CNc2ccc(N3CCCC3)cc2)cc1. The van der Waals surface area contributed by atoms with Crippen molar-refractivity contribution in [3.63, 3.8) is 0 Å². The lowest BCUT2D eigenvalue weighted by Crippen LogP contribution is -2.17. The normalized spacial score (nSPS) is 15.0. The van der Waals surface area contributed by atoms with E-state index in [9.17, 15) is 0 Å². The molecule has 2 nitrogen and oxygen atoms in total. The fraction of sp³-hybridized carbons (Fsp3) is 0.429. The predicted molar refractivity (Wildman–Crippen MR) is 100 cm³/mol. The van der Waals surface area contributed by atoms with E-state index in [1.165, 1.54) is 48.4 Å². The molecule has 0 unspecified atom stereocenters. The largest absolute Gasteiger partial charge is 0.381 e. The third-order valence-electron chi connectivity index (χ3n) is 4.66. The number of nitrogens with zero attached hydrogens (tertiary/aromatic N) is 1. The summed E-state index contributed by atoms with van der Waals surface area (Å²) in [7, 11) is 0. The van der Waals surface area contributed by atoms with Crippen molar-refractivity contribution in [1.29, 1.82) is 0 Å². The maximum Gasteiger partial charge on any atom is 0.0400 e. The smallest absolute Gasteiger partial charge is 0.0400 e. The maximum absolute atomic E-state index is 3.52. The van der Waals surface area contributed by atoms with E-state index < -0.39 is 0 Å². The summed E-state index contributed by atoms with van der Waals surface area (Å²) >= 11 is 0. The van der Waals surface area contributed by atoms with Crippen LogP contribution >= 0.6 is 0 Å². The van der Waals surface area contributed by atoms with Gasteiger partial charge in [0.1, 0.15) is 0 Å². The number of hydrogen-bond donors (Lipinski definition) is 1. The standard InChI is InChI=1S/C21H28N2/c1-21(2,3)18-8-6-17(7-9-18)16-22-19-10-12-20(13-11-19)23-14-4-5-15-23/h6-13,22H,4-5,14-16H2,1-3H3. The van der Waals surface area contributed by atoms with Crippen LogP contribution in [0.2, 0.25) is 0 Å². The van der Waals surface area contributed by atoms with Gasteiger partial charge in [0, 0.05) is 31.0 Å². The third kappa shape index (κ3) is 4.07. The van der Waals surface area contributed by atoms with Gasteiger partial charge < -0.3 is 10.2 Å². The Bertz CT molecular complexity index is 614. The quantitative estimate of drug-likeness (QED) is 0.835. The van der Waals surface area contributed by atoms with E-state index in [1.54, 1.807) is 0 Å². The van der Waals surface area contributed by atoms with Gasteiger partial charge in [0.05, 0.1) is 0 Å². The van der Waals surface area contributed by atoms with Crippen molar-refractivity contribution in [1.82, 2.24) is 0 Å². The van der Waals surface area contributed by atoms with Gasteiger partial charge in [-0.1, -0.05) is 45.0 Å². The molecule has 1 aliphatic rings. The van der Waals surface area contributed by atoms with Crippen molar-refractivity contribution in [2.24, 2.45) is 0 Å². The molecule has 1 aliphatic heterocycles. The van der Waals surface area contributed by atoms with E-state index in [0.717, 1.165) is 6.54 Å². The maximum atomic E-state index is 3.52. The lowest BCUT2D eigenvalue weighted by molar-refractivity contribution is 0.590. The summed E-state index contributed by atoms with van der Waals surface area (Å²) in [6.45, 7) is 10.0. The Kier molecular flexibility index (Phi) is 4.61. The predicted octanol–water partition coefficient (Wildman–Crippen LogP) is 5.20. The first-order valence-electron chi connectivity index (χ1n) is 8.71. The highest BCUT2D eigenvalue weighted by Gasteiger charge is 2.13. The average Bonchev–Trinajstić information content (AvgIpc) is 3.07. The fourth-order valence-corrected chi connectivity index (χ4v) is 3.09. The van der Waals surface area contributed by atoms with Gasteiger partial charge in [-0.05, 0) is 53.6 Å². The molecule has 2 aromatic rings. The molecule has 1 saturated heterocycles.